The molecular weight excluding hydrogens is 743 g/mol. The van der Waals surface area contributed by atoms with Crippen LogP contribution in [0.15, 0.2) is 188 Å². The van der Waals surface area contributed by atoms with Gasteiger partial charge in [0.2, 0.25) is 0 Å². The zero-order valence-corrected chi connectivity index (χ0v) is 33.8. The number of benzene rings is 8. The van der Waals surface area contributed by atoms with Crippen molar-refractivity contribution < 1.29 is 4.74 Å². The van der Waals surface area contributed by atoms with E-state index >= 15 is 0 Å². The van der Waals surface area contributed by atoms with Crippen molar-refractivity contribution in [1.82, 2.24) is 15.0 Å². The molecule has 288 valence electrons. The van der Waals surface area contributed by atoms with Gasteiger partial charge < -0.3 is 4.74 Å². The summed E-state index contributed by atoms with van der Waals surface area (Å²) in [6.45, 7) is 4.65. The molecule has 61 heavy (non-hydrogen) atoms. The second-order valence-electron chi connectivity index (χ2n) is 16.8. The first-order chi connectivity index (χ1) is 30.0. The van der Waals surface area contributed by atoms with Gasteiger partial charge in [0.15, 0.2) is 17.5 Å². The van der Waals surface area contributed by atoms with E-state index in [4.69, 9.17) is 19.7 Å². The third kappa shape index (κ3) is 5.35. The first-order valence-electron chi connectivity index (χ1n) is 20.9. The highest BCUT2D eigenvalue weighted by Gasteiger charge is 2.49. The molecule has 1 aliphatic heterocycles. The molecule has 0 saturated carbocycles. The van der Waals surface area contributed by atoms with Crippen LogP contribution in [0.3, 0.4) is 0 Å². The predicted molar refractivity (Wildman–Crippen MR) is 246 cm³/mol. The Labute approximate surface area is 355 Å². The second kappa shape index (κ2) is 13.4. The molecule has 1 atom stereocenters. The lowest BCUT2D eigenvalue weighted by Crippen LogP contribution is -2.35. The maximum absolute atomic E-state index is 7.02. The monoisotopic (exact) mass is 781 g/mol. The number of ether oxygens (including phenoxy) is 1. The van der Waals surface area contributed by atoms with E-state index < -0.39 is 5.41 Å². The van der Waals surface area contributed by atoms with Gasteiger partial charge >= 0.3 is 0 Å². The minimum absolute atomic E-state index is 0.183. The second-order valence-corrected chi connectivity index (χ2v) is 16.8. The van der Waals surface area contributed by atoms with Crippen LogP contribution in [0.2, 0.25) is 0 Å². The summed E-state index contributed by atoms with van der Waals surface area (Å²) >= 11 is 0. The molecule has 8 aromatic carbocycles. The fraction of sp³-hybridized carbons (Fsp3) is 0.0702. The Morgan fingerprint density at radius 2 is 0.869 bits per heavy atom. The van der Waals surface area contributed by atoms with Crippen LogP contribution in [0.4, 0.5) is 0 Å². The van der Waals surface area contributed by atoms with Crippen molar-refractivity contribution in [2.75, 3.05) is 0 Å². The molecule has 0 amide bonds. The van der Waals surface area contributed by atoms with Gasteiger partial charge in [0.25, 0.3) is 0 Å². The van der Waals surface area contributed by atoms with E-state index in [0.29, 0.717) is 17.5 Å². The Morgan fingerprint density at radius 3 is 1.61 bits per heavy atom. The van der Waals surface area contributed by atoms with E-state index in [1.54, 1.807) is 0 Å². The summed E-state index contributed by atoms with van der Waals surface area (Å²) in [6.07, 6.45) is 4.53. The van der Waals surface area contributed by atoms with Crippen molar-refractivity contribution in [3.63, 3.8) is 0 Å². The van der Waals surface area contributed by atoms with Crippen molar-refractivity contribution in [3.05, 3.63) is 233 Å². The zero-order chi connectivity index (χ0) is 40.7. The number of rotatable bonds is 4. The smallest absolute Gasteiger partial charge is 0.164 e. The van der Waals surface area contributed by atoms with Gasteiger partial charge in [0.05, 0.1) is 5.41 Å². The summed E-state index contributed by atoms with van der Waals surface area (Å²) < 4.78 is 7.02. The van der Waals surface area contributed by atoms with Crippen LogP contribution in [0.1, 0.15) is 58.4 Å². The fourth-order valence-corrected chi connectivity index (χ4v) is 10.1. The predicted octanol–water partition coefficient (Wildman–Crippen LogP) is 13.8. The topological polar surface area (TPSA) is 47.9 Å². The molecule has 4 nitrogen and oxygen atoms in total. The maximum atomic E-state index is 7.02. The standard InChI is InChI=1S/C57H39N3O/c1-56(2)46-22-12-10-20-43(46)44-34-50-52(35-49(44)56)61-51-24-14-13-23-47(51)57(50)45-21-11-9-17-38(45)27-28-39-29-32-42(33-48(39)57)55-59-53(40-18-7-4-8-19-40)58-54(60-55)41-30-25-37(26-31-41)36-15-5-3-6-16-36/h3-35H,1-2H3. The van der Waals surface area contributed by atoms with Crippen LogP contribution in [0, 0.1) is 0 Å². The Bertz CT molecular complexity index is 3240. The molecule has 2 aliphatic carbocycles. The molecule has 0 bridgehead atoms. The van der Waals surface area contributed by atoms with Crippen LogP contribution < -0.4 is 4.74 Å². The van der Waals surface area contributed by atoms with E-state index in [2.05, 4.69) is 190 Å². The van der Waals surface area contributed by atoms with Crippen LogP contribution in [-0.2, 0) is 10.8 Å². The molecular formula is C57H39N3O. The average molecular weight is 782 g/mol. The molecule has 0 radical (unpaired) electrons. The summed E-state index contributed by atoms with van der Waals surface area (Å²) in [7, 11) is 0. The van der Waals surface area contributed by atoms with Crippen LogP contribution in [0.25, 0.3) is 68.6 Å². The molecule has 1 aromatic heterocycles. The molecule has 2 heterocycles. The number of aromatic nitrogens is 3. The molecule has 0 N–H and O–H groups in total. The summed E-state index contributed by atoms with van der Waals surface area (Å²) in [5.74, 6) is 3.59. The lowest BCUT2D eigenvalue weighted by Gasteiger charge is -2.43. The van der Waals surface area contributed by atoms with Crippen molar-refractivity contribution in [1.29, 1.82) is 0 Å². The number of hydrogen-bond acceptors (Lipinski definition) is 4. The Kier molecular flexibility index (Phi) is 7.76. The van der Waals surface area contributed by atoms with Crippen LogP contribution >= 0.6 is 0 Å². The minimum Gasteiger partial charge on any atom is -0.457 e. The van der Waals surface area contributed by atoms with Crippen LogP contribution in [0.5, 0.6) is 11.5 Å². The van der Waals surface area contributed by atoms with Gasteiger partial charge in [-0.15, -0.1) is 0 Å². The van der Waals surface area contributed by atoms with E-state index in [9.17, 15) is 0 Å². The number of para-hydroxylation sites is 1. The summed E-state index contributed by atoms with van der Waals surface area (Å²) in [4.78, 5) is 15.6. The van der Waals surface area contributed by atoms with Crippen molar-refractivity contribution >= 4 is 12.2 Å². The van der Waals surface area contributed by atoms with E-state index in [1.807, 2.05) is 24.3 Å². The van der Waals surface area contributed by atoms with E-state index in [1.165, 1.54) is 33.4 Å². The third-order valence-electron chi connectivity index (χ3n) is 13.0. The third-order valence-corrected chi connectivity index (χ3v) is 13.0. The lowest BCUT2D eigenvalue weighted by atomic mass is 9.61. The minimum atomic E-state index is -0.752. The molecule has 9 aromatic rings. The SMILES string of the molecule is CC1(C)c2ccccc2-c2cc3c(cc21)Oc1ccccc1C31c2ccccc2C=Cc2ccc(-c3nc(-c4ccccc4)nc(-c4ccc(-c5ccccc5)cc4)n3)cc21. The highest BCUT2D eigenvalue weighted by Crippen LogP contribution is 2.61. The normalized spacial score (nSPS) is 16.0. The number of fused-ring (bicyclic) bond motifs is 11. The zero-order valence-electron chi connectivity index (χ0n) is 33.8. The molecule has 12 rings (SSSR count). The maximum Gasteiger partial charge on any atom is 0.164 e. The van der Waals surface area contributed by atoms with Gasteiger partial charge in [0, 0.05) is 33.2 Å². The van der Waals surface area contributed by atoms with Crippen LogP contribution in [-0.4, -0.2) is 15.0 Å². The Balaban J connectivity index is 1.12. The number of hydrogen-bond donors (Lipinski definition) is 0. The highest BCUT2D eigenvalue weighted by molar-refractivity contribution is 5.89. The molecule has 4 heteroatoms. The van der Waals surface area contributed by atoms with Crippen molar-refractivity contribution in [3.8, 4) is 67.9 Å². The van der Waals surface area contributed by atoms with E-state index in [-0.39, 0.29) is 5.41 Å². The van der Waals surface area contributed by atoms with E-state index in [0.717, 1.165) is 61.6 Å². The Hall–Kier alpha value is -7.69. The molecule has 0 saturated heterocycles. The van der Waals surface area contributed by atoms with Gasteiger partial charge in [-0.3, -0.25) is 0 Å². The van der Waals surface area contributed by atoms with Gasteiger partial charge in [-0.1, -0.05) is 190 Å². The first kappa shape index (κ1) is 35.3. The van der Waals surface area contributed by atoms with Crippen molar-refractivity contribution in [2.45, 2.75) is 24.7 Å². The molecule has 0 fully saturated rings. The lowest BCUT2D eigenvalue weighted by molar-refractivity contribution is 0.433. The number of nitrogens with zero attached hydrogens (tertiary/aromatic N) is 3. The van der Waals surface area contributed by atoms with Gasteiger partial charge in [0.1, 0.15) is 11.5 Å². The highest BCUT2D eigenvalue weighted by atomic mass is 16.5. The van der Waals surface area contributed by atoms with Gasteiger partial charge in [-0.05, 0) is 79.9 Å². The molecule has 1 unspecified atom stereocenters. The quantitative estimate of drug-likeness (QED) is 0.178. The van der Waals surface area contributed by atoms with Gasteiger partial charge in [-0.25, -0.2) is 15.0 Å². The molecule has 3 aliphatic rings. The summed E-state index contributed by atoms with van der Waals surface area (Å²) in [6, 6.07) is 66.9. The molecule has 1 spiro atoms. The fourth-order valence-electron chi connectivity index (χ4n) is 10.1. The first-order valence-corrected chi connectivity index (χ1v) is 20.9. The average Bonchev–Trinajstić information content (AvgIpc) is 3.44. The van der Waals surface area contributed by atoms with Crippen molar-refractivity contribution in [2.24, 2.45) is 0 Å². The summed E-state index contributed by atoms with van der Waals surface area (Å²) in [5, 5.41) is 0. The largest absolute Gasteiger partial charge is 0.457 e. The Morgan fingerprint density at radius 1 is 0.344 bits per heavy atom. The van der Waals surface area contributed by atoms with Gasteiger partial charge in [-0.2, -0.15) is 0 Å². The summed E-state index contributed by atoms with van der Waals surface area (Å²) in [5.41, 5.74) is 16.1.